The highest BCUT2D eigenvalue weighted by molar-refractivity contribution is 5.78. The maximum Gasteiger partial charge on any atom is 0.310 e. The molecule has 6 nitrogen and oxygen atoms in total. The molecule has 0 spiro atoms. The SMILES string of the molecule is CCc1c(C(CC)C(=O)O)cccc1N1CCC(Nc2ccc(C#N)cc2)C1C(C)(C)O. The zero-order valence-corrected chi connectivity index (χ0v) is 19.3. The maximum absolute atomic E-state index is 11.9. The third kappa shape index (κ3) is 4.73. The van der Waals surface area contributed by atoms with Gasteiger partial charge in [0.15, 0.2) is 0 Å². The van der Waals surface area contributed by atoms with E-state index in [1.165, 1.54) is 0 Å². The quantitative estimate of drug-likeness (QED) is 0.564. The minimum absolute atomic E-state index is 0.00209. The molecule has 3 N–H and O–H groups in total. The zero-order valence-electron chi connectivity index (χ0n) is 19.3. The minimum Gasteiger partial charge on any atom is -0.481 e. The van der Waals surface area contributed by atoms with Crippen LogP contribution in [-0.2, 0) is 11.2 Å². The Labute approximate surface area is 190 Å². The summed E-state index contributed by atoms with van der Waals surface area (Å²) in [6.07, 6.45) is 2.08. The lowest BCUT2D eigenvalue weighted by molar-refractivity contribution is -0.138. The number of nitriles is 1. The monoisotopic (exact) mass is 435 g/mol. The zero-order chi connectivity index (χ0) is 23.5. The van der Waals surface area contributed by atoms with Crippen molar-refractivity contribution in [3.8, 4) is 6.07 Å². The summed E-state index contributed by atoms with van der Waals surface area (Å²) in [6, 6.07) is 15.2. The first-order chi connectivity index (χ1) is 15.2. The summed E-state index contributed by atoms with van der Waals surface area (Å²) in [6.45, 7) is 8.36. The highest BCUT2D eigenvalue weighted by Gasteiger charge is 2.44. The van der Waals surface area contributed by atoms with E-state index in [1.54, 1.807) is 12.1 Å². The number of hydrogen-bond donors (Lipinski definition) is 3. The second kappa shape index (κ2) is 9.62. The molecule has 2 aromatic carbocycles. The smallest absolute Gasteiger partial charge is 0.310 e. The van der Waals surface area contributed by atoms with Crippen LogP contribution in [0.5, 0.6) is 0 Å². The van der Waals surface area contributed by atoms with E-state index in [0.29, 0.717) is 12.0 Å². The first-order valence-corrected chi connectivity index (χ1v) is 11.3. The molecule has 1 fully saturated rings. The molecule has 0 aromatic heterocycles. The summed E-state index contributed by atoms with van der Waals surface area (Å²) in [5, 5.41) is 33.5. The minimum atomic E-state index is -0.987. The number of aliphatic hydroxyl groups is 1. The van der Waals surface area contributed by atoms with E-state index in [1.807, 2.05) is 51.1 Å². The van der Waals surface area contributed by atoms with Gasteiger partial charge in [0.1, 0.15) is 0 Å². The summed E-state index contributed by atoms with van der Waals surface area (Å²) in [7, 11) is 0. The fraction of sp³-hybridized carbons (Fsp3) is 0.462. The predicted molar refractivity (Wildman–Crippen MR) is 127 cm³/mol. The van der Waals surface area contributed by atoms with Gasteiger partial charge in [0, 0.05) is 17.9 Å². The van der Waals surface area contributed by atoms with Gasteiger partial charge in [-0.25, -0.2) is 0 Å². The van der Waals surface area contributed by atoms with Crippen LogP contribution in [0.25, 0.3) is 0 Å². The van der Waals surface area contributed by atoms with Crippen LogP contribution in [0.15, 0.2) is 42.5 Å². The van der Waals surface area contributed by atoms with Crippen molar-refractivity contribution in [2.24, 2.45) is 0 Å². The molecule has 2 aromatic rings. The van der Waals surface area contributed by atoms with Gasteiger partial charge < -0.3 is 20.4 Å². The summed E-state index contributed by atoms with van der Waals surface area (Å²) in [5.41, 5.74) is 3.43. The van der Waals surface area contributed by atoms with Crippen molar-refractivity contribution in [1.82, 2.24) is 0 Å². The van der Waals surface area contributed by atoms with Crippen molar-refractivity contribution in [2.45, 2.75) is 70.6 Å². The summed E-state index contributed by atoms with van der Waals surface area (Å²) in [5.74, 6) is -1.35. The van der Waals surface area contributed by atoms with Crippen LogP contribution in [-0.4, -0.2) is 40.4 Å². The number of hydrogen-bond acceptors (Lipinski definition) is 5. The number of carboxylic acid groups (broad SMARTS) is 1. The van der Waals surface area contributed by atoms with Gasteiger partial charge in [0.05, 0.1) is 35.2 Å². The molecular formula is C26H33N3O3. The number of carboxylic acids is 1. The molecule has 170 valence electrons. The molecule has 0 aliphatic carbocycles. The molecular weight excluding hydrogens is 402 g/mol. The molecule has 1 heterocycles. The third-order valence-corrected chi connectivity index (χ3v) is 6.42. The Kier molecular flexibility index (Phi) is 7.10. The maximum atomic E-state index is 11.9. The van der Waals surface area contributed by atoms with Crippen molar-refractivity contribution in [3.63, 3.8) is 0 Å². The van der Waals surface area contributed by atoms with E-state index < -0.39 is 17.5 Å². The van der Waals surface area contributed by atoms with Crippen LogP contribution < -0.4 is 10.2 Å². The number of carbonyl (C=O) groups is 1. The van der Waals surface area contributed by atoms with Crippen molar-refractivity contribution in [2.75, 3.05) is 16.8 Å². The van der Waals surface area contributed by atoms with E-state index in [2.05, 4.69) is 23.2 Å². The number of nitrogens with one attached hydrogen (secondary N) is 1. The van der Waals surface area contributed by atoms with Crippen LogP contribution in [0.4, 0.5) is 11.4 Å². The Morgan fingerprint density at radius 2 is 1.94 bits per heavy atom. The first-order valence-electron chi connectivity index (χ1n) is 11.3. The van der Waals surface area contributed by atoms with Gasteiger partial charge in [0.25, 0.3) is 0 Å². The van der Waals surface area contributed by atoms with Crippen LogP contribution in [0, 0.1) is 11.3 Å². The summed E-state index contributed by atoms with van der Waals surface area (Å²) in [4.78, 5) is 14.1. The molecule has 6 heteroatoms. The lowest BCUT2D eigenvalue weighted by atomic mass is 9.88. The standard InChI is InChI=1S/C26H33N3O3/c1-5-19-21(20(6-2)25(30)31)8-7-9-23(19)29-15-14-22(24(29)26(3,4)32)28-18-12-10-17(16-27)11-13-18/h7-13,20,22,24,28,32H,5-6,14-15H2,1-4H3,(H,30,31). The molecule has 3 unspecified atom stereocenters. The predicted octanol–water partition coefficient (Wildman–Crippen LogP) is 4.53. The highest BCUT2D eigenvalue weighted by atomic mass is 16.4. The van der Waals surface area contributed by atoms with Gasteiger partial charge in [0.2, 0.25) is 0 Å². The fourth-order valence-corrected chi connectivity index (χ4v) is 5.04. The van der Waals surface area contributed by atoms with E-state index in [4.69, 9.17) is 5.26 Å². The molecule has 0 saturated carbocycles. The van der Waals surface area contributed by atoms with Crippen LogP contribution in [0.2, 0.25) is 0 Å². The number of rotatable bonds is 8. The van der Waals surface area contributed by atoms with Gasteiger partial charge in [-0.3, -0.25) is 4.79 Å². The number of benzene rings is 2. The molecule has 3 rings (SSSR count). The normalized spacial score (nSPS) is 19.4. The molecule has 1 aliphatic rings. The molecule has 0 bridgehead atoms. The Balaban J connectivity index is 1.98. The van der Waals surface area contributed by atoms with Gasteiger partial charge in [-0.05, 0) is 74.6 Å². The van der Waals surface area contributed by atoms with Crippen molar-refractivity contribution < 1.29 is 15.0 Å². The highest BCUT2D eigenvalue weighted by Crippen LogP contribution is 2.38. The van der Waals surface area contributed by atoms with E-state index in [-0.39, 0.29) is 12.1 Å². The molecule has 32 heavy (non-hydrogen) atoms. The van der Waals surface area contributed by atoms with E-state index in [9.17, 15) is 15.0 Å². The Morgan fingerprint density at radius 1 is 1.25 bits per heavy atom. The lowest BCUT2D eigenvalue weighted by Crippen LogP contribution is -2.53. The number of nitrogens with zero attached hydrogens (tertiary/aromatic N) is 2. The van der Waals surface area contributed by atoms with Gasteiger partial charge in [-0.2, -0.15) is 5.26 Å². The van der Waals surface area contributed by atoms with Crippen LogP contribution in [0.3, 0.4) is 0 Å². The summed E-state index contributed by atoms with van der Waals surface area (Å²) < 4.78 is 0. The molecule has 3 atom stereocenters. The van der Waals surface area contributed by atoms with Crippen molar-refractivity contribution in [1.29, 1.82) is 5.26 Å². The molecule has 0 amide bonds. The average Bonchev–Trinajstić information content (AvgIpc) is 3.18. The van der Waals surface area contributed by atoms with Gasteiger partial charge in [-0.15, -0.1) is 0 Å². The third-order valence-electron chi connectivity index (χ3n) is 6.42. The van der Waals surface area contributed by atoms with Crippen molar-refractivity contribution >= 4 is 17.3 Å². The molecule has 1 saturated heterocycles. The van der Waals surface area contributed by atoms with E-state index in [0.717, 1.165) is 41.9 Å². The lowest BCUT2D eigenvalue weighted by Gasteiger charge is -2.40. The largest absolute Gasteiger partial charge is 0.481 e. The Morgan fingerprint density at radius 3 is 2.47 bits per heavy atom. The van der Waals surface area contributed by atoms with Crippen LogP contribution >= 0.6 is 0 Å². The Bertz CT molecular complexity index is 989. The van der Waals surface area contributed by atoms with Gasteiger partial charge in [-0.1, -0.05) is 26.0 Å². The average molecular weight is 436 g/mol. The van der Waals surface area contributed by atoms with E-state index >= 15 is 0 Å². The summed E-state index contributed by atoms with van der Waals surface area (Å²) >= 11 is 0. The topological polar surface area (TPSA) is 96.6 Å². The number of anilines is 2. The second-order valence-electron chi connectivity index (χ2n) is 9.02. The first kappa shape index (κ1) is 23.6. The van der Waals surface area contributed by atoms with Crippen molar-refractivity contribution in [3.05, 3.63) is 59.2 Å². The molecule has 0 radical (unpaired) electrons. The number of aliphatic carboxylic acids is 1. The van der Waals surface area contributed by atoms with Gasteiger partial charge >= 0.3 is 5.97 Å². The van der Waals surface area contributed by atoms with Crippen LogP contribution in [0.1, 0.15) is 63.1 Å². The molecule has 1 aliphatic heterocycles. The second-order valence-corrected chi connectivity index (χ2v) is 9.02. The Hall–Kier alpha value is -3.04. The fourth-order valence-electron chi connectivity index (χ4n) is 5.04.